The summed E-state index contributed by atoms with van der Waals surface area (Å²) in [5.41, 5.74) is 9.82. The molecule has 0 rings (SSSR count). The van der Waals surface area contributed by atoms with Crippen molar-refractivity contribution in [3.63, 3.8) is 0 Å². The SMILES string of the molecule is NC(CCC(=O)[O-])C(=O)[O-].NC(CCC(=O)[O-])C(=O)[O-].OCCN(CCO)CCO.[Zr+4]. The molecular weight excluding hydrogens is 501 g/mol. The molecule has 0 aliphatic rings. The van der Waals surface area contributed by atoms with E-state index in [0.717, 1.165) is 0 Å². The Bertz CT molecular complexity index is 449. The number of carbonyl (C=O) groups is 4. The Hall–Kier alpha value is -1.48. The first-order chi connectivity index (χ1) is 13.9. The van der Waals surface area contributed by atoms with Crippen LogP contribution in [0.5, 0.6) is 0 Å². The molecule has 7 N–H and O–H groups in total. The van der Waals surface area contributed by atoms with Gasteiger partial charge in [0.05, 0.1) is 31.8 Å². The second-order valence-corrected chi connectivity index (χ2v) is 5.68. The average Bonchev–Trinajstić information content (AvgIpc) is 2.65. The van der Waals surface area contributed by atoms with Crippen LogP contribution in [0, 0.1) is 0 Å². The molecule has 0 saturated carbocycles. The van der Waals surface area contributed by atoms with Crippen molar-refractivity contribution in [3.8, 4) is 0 Å². The average molecular weight is 531 g/mol. The Balaban J connectivity index is -0.000000174. The van der Waals surface area contributed by atoms with Gasteiger partial charge in [0.25, 0.3) is 0 Å². The predicted molar refractivity (Wildman–Crippen MR) is 92.1 cm³/mol. The molecule has 0 aromatic carbocycles. The molecule has 0 amide bonds. The number of nitrogens with two attached hydrogens (primary N) is 2. The second-order valence-electron chi connectivity index (χ2n) is 5.68. The Kier molecular flexibility index (Phi) is 29.5. The van der Waals surface area contributed by atoms with Crippen molar-refractivity contribution in [1.82, 2.24) is 4.90 Å². The summed E-state index contributed by atoms with van der Waals surface area (Å²) in [5, 5.41) is 64.7. The fourth-order valence-corrected chi connectivity index (χ4v) is 1.54. The molecule has 178 valence electrons. The van der Waals surface area contributed by atoms with Gasteiger partial charge < -0.3 is 66.4 Å². The smallest absolute Gasteiger partial charge is 0.550 e. The van der Waals surface area contributed by atoms with Crippen LogP contribution in [0.15, 0.2) is 0 Å². The molecular formula is C16H29N3O11Zr. The van der Waals surface area contributed by atoms with Gasteiger partial charge in [-0.3, -0.25) is 4.90 Å². The van der Waals surface area contributed by atoms with Crippen molar-refractivity contribution in [1.29, 1.82) is 0 Å². The summed E-state index contributed by atoms with van der Waals surface area (Å²) in [6.07, 6.45) is -1.00. The molecule has 0 aromatic heterocycles. The zero-order chi connectivity index (χ0) is 24.1. The number of aliphatic carboxylic acids is 4. The summed E-state index contributed by atoms with van der Waals surface area (Å²) in [7, 11) is 0. The Morgan fingerprint density at radius 3 is 1.10 bits per heavy atom. The first kappa shape index (κ1) is 36.9. The molecule has 0 bridgehead atoms. The normalized spacial score (nSPS) is 11.5. The summed E-state index contributed by atoms with van der Waals surface area (Å²) in [6.45, 7) is 1.75. The van der Waals surface area contributed by atoms with Gasteiger partial charge in [-0.1, -0.05) is 0 Å². The summed E-state index contributed by atoms with van der Waals surface area (Å²) in [4.78, 5) is 41.0. The minimum Gasteiger partial charge on any atom is -0.550 e. The third kappa shape index (κ3) is 30.8. The molecule has 0 saturated heterocycles. The maximum absolute atomic E-state index is 9.86. The molecule has 15 heteroatoms. The van der Waals surface area contributed by atoms with Crippen molar-refractivity contribution in [3.05, 3.63) is 0 Å². The van der Waals surface area contributed by atoms with E-state index in [0.29, 0.717) is 19.6 Å². The van der Waals surface area contributed by atoms with Crippen LogP contribution in [0.2, 0.25) is 0 Å². The number of hydrogen-bond acceptors (Lipinski definition) is 14. The van der Waals surface area contributed by atoms with E-state index in [1.807, 2.05) is 0 Å². The third-order valence-corrected chi connectivity index (χ3v) is 3.17. The van der Waals surface area contributed by atoms with Crippen LogP contribution >= 0.6 is 0 Å². The Morgan fingerprint density at radius 2 is 0.935 bits per heavy atom. The third-order valence-electron chi connectivity index (χ3n) is 3.17. The van der Waals surface area contributed by atoms with Gasteiger partial charge in [0.1, 0.15) is 0 Å². The Morgan fingerprint density at radius 1 is 0.677 bits per heavy atom. The van der Waals surface area contributed by atoms with E-state index in [1.165, 1.54) is 0 Å². The van der Waals surface area contributed by atoms with Gasteiger partial charge in [0, 0.05) is 43.7 Å². The van der Waals surface area contributed by atoms with Gasteiger partial charge in [-0.15, -0.1) is 0 Å². The van der Waals surface area contributed by atoms with Crippen molar-refractivity contribution in [2.75, 3.05) is 39.5 Å². The zero-order valence-electron chi connectivity index (χ0n) is 16.9. The number of aliphatic hydroxyl groups excluding tert-OH is 3. The number of carboxylic acid groups (broad SMARTS) is 4. The predicted octanol–water partition coefficient (Wildman–Crippen LogP) is -8.55. The molecule has 0 aliphatic heterocycles. The Labute approximate surface area is 198 Å². The fraction of sp³-hybridized carbons (Fsp3) is 0.750. The first-order valence-corrected chi connectivity index (χ1v) is 8.80. The van der Waals surface area contributed by atoms with E-state index in [9.17, 15) is 39.6 Å². The van der Waals surface area contributed by atoms with E-state index in [4.69, 9.17) is 26.8 Å². The van der Waals surface area contributed by atoms with Crippen LogP contribution in [0.4, 0.5) is 0 Å². The van der Waals surface area contributed by atoms with Crippen LogP contribution in [0.3, 0.4) is 0 Å². The molecule has 0 fully saturated rings. The van der Waals surface area contributed by atoms with Crippen molar-refractivity contribution in [2.45, 2.75) is 37.8 Å². The molecule has 2 unspecified atom stereocenters. The van der Waals surface area contributed by atoms with E-state index in [1.54, 1.807) is 4.90 Å². The van der Waals surface area contributed by atoms with Gasteiger partial charge in [0.15, 0.2) is 0 Å². The van der Waals surface area contributed by atoms with Crippen molar-refractivity contribution >= 4 is 23.9 Å². The summed E-state index contributed by atoms with van der Waals surface area (Å²) in [5.74, 6) is -5.50. The number of carboxylic acids is 4. The summed E-state index contributed by atoms with van der Waals surface area (Å²) >= 11 is 0. The van der Waals surface area contributed by atoms with Crippen LogP contribution in [-0.2, 0) is 45.4 Å². The van der Waals surface area contributed by atoms with Crippen LogP contribution < -0.4 is 31.9 Å². The number of rotatable bonds is 14. The van der Waals surface area contributed by atoms with Gasteiger partial charge in [0.2, 0.25) is 0 Å². The number of hydrogen-bond donors (Lipinski definition) is 5. The molecule has 0 radical (unpaired) electrons. The molecule has 31 heavy (non-hydrogen) atoms. The van der Waals surface area contributed by atoms with Gasteiger partial charge in [-0.2, -0.15) is 0 Å². The van der Waals surface area contributed by atoms with Crippen LogP contribution in [0.1, 0.15) is 25.7 Å². The molecule has 0 aromatic rings. The first-order valence-electron chi connectivity index (χ1n) is 8.80. The number of carbonyl (C=O) groups excluding carboxylic acids is 4. The largest absolute Gasteiger partial charge is 4.00 e. The van der Waals surface area contributed by atoms with Crippen molar-refractivity contribution in [2.24, 2.45) is 11.5 Å². The maximum atomic E-state index is 9.86. The molecule has 0 heterocycles. The maximum Gasteiger partial charge on any atom is 4.00 e. The summed E-state index contributed by atoms with van der Waals surface area (Å²) in [6, 6.07) is -2.42. The monoisotopic (exact) mass is 529 g/mol. The van der Waals surface area contributed by atoms with Gasteiger partial charge in [-0.25, -0.2) is 0 Å². The van der Waals surface area contributed by atoms with E-state index < -0.39 is 36.0 Å². The van der Waals surface area contributed by atoms with E-state index >= 15 is 0 Å². The minimum absolute atomic E-state index is 0. The van der Waals surface area contributed by atoms with E-state index in [2.05, 4.69) is 0 Å². The second kappa shape index (κ2) is 24.8. The standard InChI is InChI=1S/C6H15NO3.2C5H9NO4.Zr/c8-4-1-7(2-5-9)3-6-10;2*6-3(5(9)10)1-2-4(7)8;/h8-10H,1-6H2;2*3H,1-2,6H2,(H,7,8)(H,9,10);/q;;;+4/p-4. The van der Waals surface area contributed by atoms with Crippen LogP contribution in [-0.4, -0.2) is 95.6 Å². The number of nitrogens with zero attached hydrogens (tertiary/aromatic N) is 1. The fourth-order valence-electron chi connectivity index (χ4n) is 1.54. The molecule has 0 spiro atoms. The quantitative estimate of drug-likeness (QED) is 0.139. The zero-order valence-corrected chi connectivity index (χ0v) is 19.4. The van der Waals surface area contributed by atoms with Gasteiger partial charge in [-0.05, 0) is 25.7 Å². The minimum atomic E-state index is -1.44. The van der Waals surface area contributed by atoms with Crippen LogP contribution in [0.25, 0.3) is 0 Å². The summed E-state index contributed by atoms with van der Waals surface area (Å²) < 4.78 is 0. The van der Waals surface area contributed by atoms with Gasteiger partial charge >= 0.3 is 26.2 Å². The molecule has 0 aliphatic carbocycles. The van der Waals surface area contributed by atoms with Crippen molar-refractivity contribution < 1.29 is 81.1 Å². The molecule has 14 nitrogen and oxygen atoms in total. The van der Waals surface area contributed by atoms with E-state index in [-0.39, 0.29) is 71.7 Å². The number of aliphatic hydroxyl groups is 3. The topological polar surface area (TPSA) is 276 Å². The molecule has 2 atom stereocenters.